The molecule has 3 aromatic rings. The Morgan fingerprint density at radius 1 is 1.00 bits per heavy atom. The standard InChI is InChI=1S/C28H32N4O4/c1-19-18-35-16-12-32(19)24-7-4-6-21-26(24)29-17-22(27(21)31-10-14-34-15-11-31)28(33)30-23-9-13-36-25-8-3-2-5-20(23)25/h2-8,17,19,23H,9-16,18H2,1H3,(H,30,33)/t19-,23-/m0/s1. The Bertz CT molecular complexity index is 1260. The maximum Gasteiger partial charge on any atom is 0.255 e. The molecule has 1 amide bonds. The number of anilines is 2. The monoisotopic (exact) mass is 488 g/mol. The summed E-state index contributed by atoms with van der Waals surface area (Å²) in [5.41, 5.74) is 4.55. The lowest BCUT2D eigenvalue weighted by atomic mass is 9.99. The van der Waals surface area contributed by atoms with Crippen molar-refractivity contribution in [3.8, 4) is 5.75 Å². The van der Waals surface area contributed by atoms with Crippen LogP contribution >= 0.6 is 0 Å². The minimum absolute atomic E-state index is 0.101. The Hall–Kier alpha value is -3.36. The topological polar surface area (TPSA) is 76.2 Å². The molecule has 6 rings (SSSR count). The number of amides is 1. The fourth-order valence-electron chi connectivity index (χ4n) is 5.53. The summed E-state index contributed by atoms with van der Waals surface area (Å²) in [6, 6.07) is 14.4. The Kier molecular flexibility index (Phi) is 6.37. The van der Waals surface area contributed by atoms with E-state index in [1.807, 2.05) is 24.3 Å². The molecule has 1 N–H and O–H groups in total. The summed E-state index contributed by atoms with van der Waals surface area (Å²) < 4.78 is 17.1. The lowest BCUT2D eigenvalue weighted by Gasteiger charge is -2.36. The Balaban J connectivity index is 1.41. The van der Waals surface area contributed by atoms with Gasteiger partial charge < -0.3 is 29.3 Å². The number of ether oxygens (including phenoxy) is 3. The molecule has 8 heteroatoms. The molecule has 8 nitrogen and oxygen atoms in total. The van der Waals surface area contributed by atoms with Gasteiger partial charge in [-0.1, -0.05) is 30.3 Å². The van der Waals surface area contributed by atoms with E-state index in [0.717, 1.165) is 59.6 Å². The highest BCUT2D eigenvalue weighted by Crippen LogP contribution is 2.37. The van der Waals surface area contributed by atoms with Crippen molar-refractivity contribution in [3.05, 3.63) is 59.8 Å². The van der Waals surface area contributed by atoms with Crippen molar-refractivity contribution in [2.24, 2.45) is 0 Å². The number of aromatic nitrogens is 1. The number of rotatable bonds is 4. The molecule has 0 spiro atoms. The van der Waals surface area contributed by atoms with Crippen molar-refractivity contribution >= 4 is 28.2 Å². The van der Waals surface area contributed by atoms with Gasteiger partial charge in [0.05, 0.1) is 61.5 Å². The second kappa shape index (κ2) is 9.95. The highest BCUT2D eigenvalue weighted by Gasteiger charge is 2.29. The van der Waals surface area contributed by atoms with E-state index in [2.05, 4.69) is 40.2 Å². The number of carbonyl (C=O) groups is 1. The number of carbonyl (C=O) groups excluding carboxylic acids is 1. The summed E-state index contributed by atoms with van der Waals surface area (Å²) in [6.07, 6.45) is 2.48. The Morgan fingerprint density at radius 2 is 1.83 bits per heavy atom. The van der Waals surface area contributed by atoms with Gasteiger partial charge in [0, 0.05) is 49.2 Å². The summed E-state index contributed by atoms with van der Waals surface area (Å²) in [6.45, 7) is 7.71. The fraction of sp³-hybridized carbons (Fsp3) is 0.429. The van der Waals surface area contributed by atoms with Gasteiger partial charge in [0.2, 0.25) is 0 Å². The predicted octanol–water partition coefficient (Wildman–Crippen LogP) is 3.55. The zero-order valence-electron chi connectivity index (χ0n) is 20.6. The van der Waals surface area contributed by atoms with E-state index < -0.39 is 0 Å². The molecule has 0 bridgehead atoms. The first kappa shape index (κ1) is 23.1. The van der Waals surface area contributed by atoms with Crippen LogP contribution in [0.15, 0.2) is 48.7 Å². The summed E-state index contributed by atoms with van der Waals surface area (Å²) >= 11 is 0. The number of hydrogen-bond acceptors (Lipinski definition) is 7. The summed E-state index contributed by atoms with van der Waals surface area (Å²) in [4.78, 5) is 23.3. The molecule has 36 heavy (non-hydrogen) atoms. The maximum atomic E-state index is 13.8. The zero-order chi connectivity index (χ0) is 24.5. The summed E-state index contributed by atoms with van der Waals surface area (Å²) in [7, 11) is 0. The molecule has 188 valence electrons. The number of morpholine rings is 2. The SMILES string of the molecule is C[C@H]1COCCN1c1cccc2c(N3CCOCC3)c(C(=O)N[C@H]3CCOc4ccccc43)cnc12. The van der Waals surface area contributed by atoms with Crippen molar-refractivity contribution in [2.75, 3.05) is 62.5 Å². The van der Waals surface area contributed by atoms with Gasteiger partial charge in [-0.3, -0.25) is 9.78 Å². The number of benzene rings is 2. The molecule has 1 aromatic heterocycles. The Labute approximate surface area is 211 Å². The zero-order valence-corrected chi connectivity index (χ0v) is 20.6. The van der Waals surface area contributed by atoms with Crippen LogP contribution in [0.1, 0.15) is 35.3 Å². The molecule has 3 aliphatic heterocycles. The first-order valence-corrected chi connectivity index (χ1v) is 12.8. The normalized spacial score (nSPS) is 22.1. The summed E-state index contributed by atoms with van der Waals surface area (Å²) in [5, 5.41) is 4.27. The van der Waals surface area contributed by atoms with Crippen LogP contribution in [0.4, 0.5) is 11.4 Å². The number of pyridine rings is 1. The van der Waals surface area contributed by atoms with Gasteiger partial charge in [0.15, 0.2) is 0 Å². The third-order valence-electron chi connectivity index (χ3n) is 7.36. The van der Waals surface area contributed by atoms with Gasteiger partial charge in [-0.2, -0.15) is 0 Å². The molecular weight excluding hydrogens is 456 g/mol. The largest absolute Gasteiger partial charge is 0.493 e. The second-order valence-electron chi connectivity index (χ2n) is 9.61. The lowest BCUT2D eigenvalue weighted by Crippen LogP contribution is -2.44. The van der Waals surface area contributed by atoms with Crippen molar-refractivity contribution in [2.45, 2.75) is 25.4 Å². The van der Waals surface area contributed by atoms with Crippen molar-refractivity contribution in [3.63, 3.8) is 0 Å². The number of nitrogens with zero attached hydrogens (tertiary/aromatic N) is 3. The molecule has 2 atom stereocenters. The van der Waals surface area contributed by atoms with Gasteiger partial charge in [-0.15, -0.1) is 0 Å². The van der Waals surface area contributed by atoms with Gasteiger partial charge in [-0.25, -0.2) is 0 Å². The number of nitrogens with one attached hydrogen (secondary N) is 1. The molecule has 0 saturated carbocycles. The first-order valence-electron chi connectivity index (χ1n) is 12.8. The maximum absolute atomic E-state index is 13.8. The van der Waals surface area contributed by atoms with Crippen LogP contribution in [0, 0.1) is 0 Å². The number of hydrogen-bond donors (Lipinski definition) is 1. The van der Waals surface area contributed by atoms with E-state index in [9.17, 15) is 4.79 Å². The summed E-state index contributed by atoms with van der Waals surface area (Å²) in [5.74, 6) is 0.723. The minimum atomic E-state index is -0.113. The number of para-hydroxylation sites is 2. The van der Waals surface area contributed by atoms with E-state index in [1.165, 1.54) is 0 Å². The van der Waals surface area contributed by atoms with Gasteiger partial charge in [-0.05, 0) is 19.1 Å². The third kappa shape index (κ3) is 4.24. The predicted molar refractivity (Wildman–Crippen MR) is 139 cm³/mol. The van der Waals surface area contributed by atoms with Gasteiger partial charge in [0.25, 0.3) is 5.91 Å². The highest BCUT2D eigenvalue weighted by molar-refractivity contribution is 6.09. The van der Waals surface area contributed by atoms with Crippen molar-refractivity contribution in [1.29, 1.82) is 0 Å². The third-order valence-corrected chi connectivity index (χ3v) is 7.36. The van der Waals surface area contributed by atoms with Crippen LogP contribution in [0.3, 0.4) is 0 Å². The quantitative estimate of drug-likeness (QED) is 0.602. The van der Waals surface area contributed by atoms with E-state index >= 15 is 0 Å². The molecule has 0 unspecified atom stereocenters. The first-order chi connectivity index (χ1) is 17.7. The molecule has 2 fully saturated rings. The second-order valence-corrected chi connectivity index (χ2v) is 9.61. The minimum Gasteiger partial charge on any atom is -0.493 e. The van der Waals surface area contributed by atoms with Crippen LogP contribution in [-0.4, -0.2) is 69.6 Å². The molecule has 2 aromatic carbocycles. The van der Waals surface area contributed by atoms with Crippen LogP contribution in [0.25, 0.3) is 10.9 Å². The molecular formula is C28H32N4O4. The van der Waals surface area contributed by atoms with Crippen molar-refractivity contribution in [1.82, 2.24) is 10.3 Å². The van der Waals surface area contributed by atoms with Crippen LogP contribution in [-0.2, 0) is 9.47 Å². The lowest BCUT2D eigenvalue weighted by molar-refractivity contribution is 0.0923. The smallest absolute Gasteiger partial charge is 0.255 e. The fourth-order valence-corrected chi connectivity index (χ4v) is 5.53. The van der Waals surface area contributed by atoms with Crippen LogP contribution < -0.4 is 19.9 Å². The molecule has 0 aliphatic carbocycles. The van der Waals surface area contributed by atoms with E-state index in [-0.39, 0.29) is 18.0 Å². The van der Waals surface area contributed by atoms with Crippen LogP contribution in [0.2, 0.25) is 0 Å². The van der Waals surface area contributed by atoms with Gasteiger partial charge >= 0.3 is 0 Å². The molecule has 4 heterocycles. The van der Waals surface area contributed by atoms with E-state index in [0.29, 0.717) is 38.6 Å². The number of fused-ring (bicyclic) bond motifs is 2. The average molecular weight is 489 g/mol. The van der Waals surface area contributed by atoms with E-state index in [4.69, 9.17) is 19.2 Å². The van der Waals surface area contributed by atoms with E-state index in [1.54, 1.807) is 6.20 Å². The molecule has 0 radical (unpaired) electrons. The van der Waals surface area contributed by atoms with Crippen molar-refractivity contribution < 1.29 is 19.0 Å². The molecule has 3 aliphatic rings. The van der Waals surface area contributed by atoms with Crippen LogP contribution in [0.5, 0.6) is 5.75 Å². The highest BCUT2D eigenvalue weighted by atomic mass is 16.5. The molecule has 2 saturated heterocycles. The average Bonchev–Trinajstić information content (AvgIpc) is 2.93. The Morgan fingerprint density at radius 3 is 2.69 bits per heavy atom. The van der Waals surface area contributed by atoms with Gasteiger partial charge in [0.1, 0.15) is 5.75 Å².